The average molecular weight is 428 g/mol. The average Bonchev–Trinajstić information content (AvgIpc) is 3.19. The van der Waals surface area contributed by atoms with Gasteiger partial charge in [-0.1, -0.05) is 13.0 Å². The summed E-state index contributed by atoms with van der Waals surface area (Å²) in [5.41, 5.74) is 0.685. The highest BCUT2D eigenvalue weighted by Crippen LogP contribution is 2.39. The van der Waals surface area contributed by atoms with Gasteiger partial charge in [0.2, 0.25) is 5.91 Å². The van der Waals surface area contributed by atoms with Gasteiger partial charge in [-0.05, 0) is 31.5 Å². The fourth-order valence-electron chi connectivity index (χ4n) is 4.67. The lowest BCUT2D eigenvalue weighted by atomic mass is 9.95. The van der Waals surface area contributed by atoms with E-state index in [0.717, 1.165) is 73.9 Å². The zero-order valence-corrected chi connectivity index (χ0v) is 18.0. The van der Waals surface area contributed by atoms with Gasteiger partial charge >= 0.3 is 0 Å². The van der Waals surface area contributed by atoms with Crippen LogP contribution in [-0.2, 0) is 4.79 Å². The molecule has 158 valence electrons. The summed E-state index contributed by atoms with van der Waals surface area (Å²) in [6.07, 6.45) is 3.19. The number of carbonyl (C=O) groups is 1. The van der Waals surface area contributed by atoms with E-state index in [1.807, 2.05) is 11.0 Å². The van der Waals surface area contributed by atoms with Gasteiger partial charge in [-0.15, -0.1) is 11.3 Å². The van der Waals surface area contributed by atoms with Crippen LogP contribution in [0.15, 0.2) is 24.5 Å². The predicted molar refractivity (Wildman–Crippen MR) is 119 cm³/mol. The normalized spacial score (nSPS) is 19.1. The van der Waals surface area contributed by atoms with Crippen LogP contribution >= 0.6 is 11.3 Å². The number of halogens is 1. The first-order chi connectivity index (χ1) is 14.7. The third-order valence-corrected chi connectivity index (χ3v) is 7.62. The number of hydrogen-bond acceptors (Lipinski definition) is 6. The number of nitrogens with zero attached hydrogens (tertiary/aromatic N) is 5. The van der Waals surface area contributed by atoms with Crippen LogP contribution in [0.4, 0.5) is 10.2 Å². The van der Waals surface area contributed by atoms with Gasteiger partial charge in [0, 0.05) is 49.9 Å². The highest BCUT2D eigenvalue weighted by atomic mass is 32.1. The van der Waals surface area contributed by atoms with Crippen LogP contribution in [-0.4, -0.2) is 71.5 Å². The highest BCUT2D eigenvalue weighted by Gasteiger charge is 2.31. The Bertz CT molecular complexity index is 1070. The van der Waals surface area contributed by atoms with Crippen LogP contribution in [0.5, 0.6) is 0 Å². The molecule has 0 aliphatic carbocycles. The summed E-state index contributed by atoms with van der Waals surface area (Å²) in [6.45, 7) is 8.42. The van der Waals surface area contributed by atoms with Crippen molar-refractivity contribution < 1.29 is 9.18 Å². The second kappa shape index (κ2) is 8.07. The van der Waals surface area contributed by atoms with Crippen molar-refractivity contribution >= 4 is 43.4 Å². The quantitative estimate of drug-likeness (QED) is 0.642. The number of anilines is 1. The van der Waals surface area contributed by atoms with Crippen LogP contribution < -0.4 is 4.90 Å². The van der Waals surface area contributed by atoms with Crippen LogP contribution in [0.25, 0.3) is 20.3 Å². The number of piperidine rings is 1. The van der Waals surface area contributed by atoms with Crippen molar-refractivity contribution in [1.29, 1.82) is 0 Å². The van der Waals surface area contributed by atoms with Crippen molar-refractivity contribution in [2.24, 2.45) is 5.92 Å². The molecule has 0 atom stereocenters. The van der Waals surface area contributed by atoms with Gasteiger partial charge in [-0.2, -0.15) is 0 Å². The Hall–Kier alpha value is -2.32. The highest BCUT2D eigenvalue weighted by molar-refractivity contribution is 7.26. The van der Waals surface area contributed by atoms with Gasteiger partial charge < -0.3 is 14.7 Å². The molecule has 2 aromatic heterocycles. The molecule has 30 heavy (non-hydrogen) atoms. The fourth-order valence-corrected chi connectivity index (χ4v) is 5.86. The van der Waals surface area contributed by atoms with Crippen molar-refractivity contribution in [2.45, 2.75) is 19.8 Å². The van der Waals surface area contributed by atoms with Crippen LogP contribution in [0, 0.1) is 11.7 Å². The molecule has 2 fully saturated rings. The molecule has 1 amide bonds. The first-order valence-electron chi connectivity index (χ1n) is 10.7. The molecular weight excluding hydrogens is 401 g/mol. The van der Waals surface area contributed by atoms with Crippen LogP contribution in [0.2, 0.25) is 0 Å². The van der Waals surface area contributed by atoms with E-state index >= 15 is 0 Å². The first kappa shape index (κ1) is 19.6. The molecule has 0 saturated carbocycles. The number of amides is 1. The monoisotopic (exact) mass is 427 g/mol. The Morgan fingerprint density at radius 3 is 2.63 bits per heavy atom. The zero-order chi connectivity index (χ0) is 20.7. The third-order valence-electron chi connectivity index (χ3n) is 6.48. The summed E-state index contributed by atoms with van der Waals surface area (Å²) in [6, 6.07) is 5.14. The summed E-state index contributed by atoms with van der Waals surface area (Å²) in [4.78, 5) is 28.6. The van der Waals surface area contributed by atoms with E-state index in [0.29, 0.717) is 16.8 Å². The summed E-state index contributed by atoms with van der Waals surface area (Å²) >= 11 is 1.54. The number of aromatic nitrogens is 2. The summed E-state index contributed by atoms with van der Waals surface area (Å²) in [5, 5.41) is 0.581. The number of carbonyl (C=O) groups excluding carboxylic acids is 1. The number of benzene rings is 1. The lowest BCUT2D eigenvalue weighted by Gasteiger charge is -2.38. The smallest absolute Gasteiger partial charge is 0.225 e. The minimum atomic E-state index is -0.240. The summed E-state index contributed by atoms with van der Waals surface area (Å²) in [5.74, 6) is 1.02. The third kappa shape index (κ3) is 3.41. The van der Waals surface area contributed by atoms with Crippen molar-refractivity contribution in [3.05, 3.63) is 30.3 Å². The summed E-state index contributed by atoms with van der Waals surface area (Å²) in [7, 11) is 0. The number of hydrogen-bond donors (Lipinski definition) is 0. The number of fused-ring (bicyclic) bond motifs is 3. The Labute approximate surface area is 179 Å². The lowest BCUT2D eigenvalue weighted by Crippen LogP contribution is -2.51. The molecule has 0 spiro atoms. The van der Waals surface area contributed by atoms with Crippen molar-refractivity contribution in [3.8, 4) is 0 Å². The molecular formula is C22H26FN5OS. The van der Waals surface area contributed by atoms with Gasteiger partial charge in [-0.3, -0.25) is 4.79 Å². The Morgan fingerprint density at radius 2 is 1.90 bits per heavy atom. The van der Waals surface area contributed by atoms with E-state index in [-0.39, 0.29) is 11.7 Å². The van der Waals surface area contributed by atoms with Gasteiger partial charge in [0.05, 0.1) is 15.6 Å². The lowest BCUT2D eigenvalue weighted by molar-refractivity contribution is -0.137. The van der Waals surface area contributed by atoms with E-state index in [1.54, 1.807) is 17.4 Å². The maximum Gasteiger partial charge on any atom is 0.225 e. The summed E-state index contributed by atoms with van der Waals surface area (Å²) < 4.78 is 16.2. The molecule has 2 saturated heterocycles. The Morgan fingerprint density at radius 1 is 1.13 bits per heavy atom. The van der Waals surface area contributed by atoms with Crippen LogP contribution in [0.3, 0.4) is 0 Å². The van der Waals surface area contributed by atoms with Crippen LogP contribution in [0.1, 0.15) is 19.8 Å². The predicted octanol–water partition coefficient (Wildman–Crippen LogP) is 3.36. The Kier molecular flexibility index (Phi) is 5.28. The van der Waals surface area contributed by atoms with E-state index in [4.69, 9.17) is 0 Å². The van der Waals surface area contributed by atoms with E-state index < -0.39 is 0 Å². The molecule has 8 heteroatoms. The first-order valence-corrected chi connectivity index (χ1v) is 11.5. The largest absolute Gasteiger partial charge is 0.355 e. The molecule has 3 aromatic rings. The molecule has 1 aromatic carbocycles. The molecule has 2 aliphatic rings. The maximum absolute atomic E-state index is 14.4. The maximum atomic E-state index is 14.4. The minimum absolute atomic E-state index is 0.0895. The minimum Gasteiger partial charge on any atom is -0.355 e. The van der Waals surface area contributed by atoms with Gasteiger partial charge in [0.15, 0.2) is 0 Å². The number of piperazine rings is 1. The Balaban J connectivity index is 1.31. The second-order valence-electron chi connectivity index (χ2n) is 8.11. The van der Waals surface area contributed by atoms with Gasteiger partial charge in [0.25, 0.3) is 0 Å². The molecule has 6 nitrogen and oxygen atoms in total. The molecule has 0 bridgehead atoms. The molecule has 4 heterocycles. The molecule has 2 aliphatic heterocycles. The fraction of sp³-hybridized carbons (Fsp3) is 0.500. The molecule has 0 unspecified atom stereocenters. The topological polar surface area (TPSA) is 52.6 Å². The number of likely N-dealkylation sites (N-methyl/N-ethyl adjacent to an activating group) is 1. The SMILES string of the molecule is CCN1CCN(C(=O)C2CCN(c3ncnc4c3sc3cccc(F)c34)CC2)CC1. The molecule has 0 N–H and O–H groups in total. The number of thiophene rings is 1. The zero-order valence-electron chi connectivity index (χ0n) is 17.2. The molecule has 5 rings (SSSR count). The van der Waals surface area contributed by atoms with E-state index in [2.05, 4.69) is 26.7 Å². The van der Waals surface area contributed by atoms with Crippen molar-refractivity contribution in [2.75, 3.05) is 50.7 Å². The van der Waals surface area contributed by atoms with Gasteiger partial charge in [0.1, 0.15) is 18.0 Å². The second-order valence-corrected chi connectivity index (χ2v) is 9.16. The van der Waals surface area contributed by atoms with E-state index in [9.17, 15) is 9.18 Å². The standard InChI is InChI=1S/C22H26FN5OS/c1-2-26-10-12-28(13-11-26)22(29)15-6-8-27(9-7-15)21-20-19(24-14-25-21)18-16(23)4-3-5-17(18)30-20/h3-5,14-15H,2,6-13H2,1H3. The van der Waals surface area contributed by atoms with Gasteiger partial charge in [-0.25, -0.2) is 14.4 Å². The van der Waals surface area contributed by atoms with Crippen molar-refractivity contribution in [1.82, 2.24) is 19.8 Å². The molecule has 0 radical (unpaired) electrons. The van der Waals surface area contributed by atoms with E-state index in [1.165, 1.54) is 12.4 Å². The number of rotatable bonds is 3. The van der Waals surface area contributed by atoms with Crippen molar-refractivity contribution in [3.63, 3.8) is 0 Å².